The lowest BCUT2D eigenvalue weighted by Gasteiger charge is -2.38. The van der Waals surface area contributed by atoms with Crippen LogP contribution in [0.3, 0.4) is 0 Å². The predicted octanol–water partition coefficient (Wildman–Crippen LogP) is 3.23. The third-order valence-corrected chi connectivity index (χ3v) is 4.14. The largest absolute Gasteiger partial charge is 0.484 e. The van der Waals surface area contributed by atoms with Gasteiger partial charge in [-0.15, -0.1) is 0 Å². The maximum atomic E-state index is 12.4. The van der Waals surface area contributed by atoms with E-state index in [2.05, 4.69) is 4.98 Å². The first-order chi connectivity index (χ1) is 12.7. The molecule has 0 radical (unpaired) electrons. The van der Waals surface area contributed by atoms with E-state index in [1.165, 1.54) is 0 Å². The zero-order valence-electron chi connectivity index (χ0n) is 14.9. The number of nitrogens with zero attached hydrogens (tertiary/aromatic N) is 1. The molecule has 6 heteroatoms. The number of carbonyl (C=O) groups excluding carboxylic acids is 1. The molecule has 1 aliphatic heterocycles. The van der Waals surface area contributed by atoms with Crippen LogP contribution in [0.4, 0.5) is 0 Å². The van der Waals surface area contributed by atoms with Gasteiger partial charge < -0.3 is 18.9 Å². The number of rotatable bonds is 6. The van der Waals surface area contributed by atoms with E-state index in [1.807, 2.05) is 26.0 Å². The van der Waals surface area contributed by atoms with Crippen molar-refractivity contribution in [2.75, 3.05) is 6.61 Å². The van der Waals surface area contributed by atoms with Gasteiger partial charge in [-0.3, -0.25) is 4.98 Å². The Bertz CT molecular complexity index is 694. The first kappa shape index (κ1) is 18.4. The molecule has 26 heavy (non-hydrogen) atoms. The Balaban J connectivity index is 1.70. The molecule has 2 aromatic rings. The van der Waals surface area contributed by atoms with Crippen LogP contribution < -0.4 is 4.74 Å². The summed E-state index contributed by atoms with van der Waals surface area (Å²) in [6.45, 7) is 4.14. The van der Waals surface area contributed by atoms with Crippen LogP contribution in [-0.4, -0.2) is 42.2 Å². The minimum absolute atomic E-state index is 0.341. The third kappa shape index (κ3) is 4.59. The summed E-state index contributed by atoms with van der Waals surface area (Å²) >= 11 is 0. The smallest absolute Gasteiger partial charge is 0.338 e. The van der Waals surface area contributed by atoms with Gasteiger partial charge in [0.25, 0.3) is 0 Å². The average Bonchev–Trinajstić information content (AvgIpc) is 2.69. The highest BCUT2D eigenvalue weighted by atomic mass is 16.7. The summed E-state index contributed by atoms with van der Waals surface area (Å²) in [5.74, 6) is 0.229. The topological polar surface area (TPSA) is 66.9 Å². The summed E-state index contributed by atoms with van der Waals surface area (Å²) in [5.41, 5.74) is 0.503. The molecule has 1 fully saturated rings. The second-order valence-electron chi connectivity index (χ2n) is 6.09. The third-order valence-electron chi connectivity index (χ3n) is 4.14. The molecular formula is C20H23NO5. The van der Waals surface area contributed by atoms with Gasteiger partial charge in [0, 0.05) is 6.20 Å². The van der Waals surface area contributed by atoms with E-state index >= 15 is 0 Å². The predicted molar refractivity (Wildman–Crippen MR) is 94.9 cm³/mol. The minimum Gasteiger partial charge on any atom is -0.484 e. The number of esters is 1. The number of aromatic nitrogens is 1. The van der Waals surface area contributed by atoms with Crippen molar-refractivity contribution in [3.05, 3.63) is 60.4 Å². The molecule has 1 saturated heterocycles. The van der Waals surface area contributed by atoms with Crippen molar-refractivity contribution in [2.24, 2.45) is 0 Å². The molecule has 4 atom stereocenters. The molecule has 0 aliphatic carbocycles. The molecular weight excluding hydrogens is 334 g/mol. The quantitative estimate of drug-likeness (QED) is 0.740. The van der Waals surface area contributed by atoms with E-state index in [-0.39, 0.29) is 12.3 Å². The van der Waals surface area contributed by atoms with Crippen LogP contribution in [0.1, 0.15) is 30.6 Å². The van der Waals surface area contributed by atoms with Gasteiger partial charge in [-0.25, -0.2) is 4.79 Å². The Morgan fingerprint density at radius 2 is 2.08 bits per heavy atom. The van der Waals surface area contributed by atoms with E-state index in [0.717, 1.165) is 0 Å². The molecule has 0 spiro atoms. The number of hydrogen-bond donors (Lipinski definition) is 0. The number of pyridine rings is 1. The zero-order chi connectivity index (χ0) is 18.4. The highest BCUT2D eigenvalue weighted by Crippen LogP contribution is 2.24. The van der Waals surface area contributed by atoms with Crippen LogP contribution in [0.2, 0.25) is 0 Å². The molecule has 0 saturated carbocycles. The fourth-order valence-corrected chi connectivity index (χ4v) is 2.80. The molecule has 1 aromatic heterocycles. The molecule has 1 aromatic carbocycles. The van der Waals surface area contributed by atoms with Gasteiger partial charge in [0.15, 0.2) is 12.4 Å². The highest BCUT2D eigenvalue weighted by molar-refractivity contribution is 5.89. The van der Waals surface area contributed by atoms with Crippen molar-refractivity contribution in [1.82, 2.24) is 4.98 Å². The van der Waals surface area contributed by atoms with Crippen molar-refractivity contribution in [3.8, 4) is 5.75 Å². The van der Waals surface area contributed by atoms with Gasteiger partial charge in [0.05, 0.1) is 18.4 Å². The normalized spacial score (nSPS) is 23.8. The van der Waals surface area contributed by atoms with Crippen LogP contribution in [0.5, 0.6) is 5.75 Å². The second kappa shape index (κ2) is 8.78. The molecule has 0 amide bonds. The van der Waals surface area contributed by atoms with Crippen molar-refractivity contribution < 1.29 is 23.7 Å². The van der Waals surface area contributed by atoms with Crippen LogP contribution in [0.25, 0.3) is 0 Å². The summed E-state index contributed by atoms with van der Waals surface area (Å²) in [6, 6.07) is 12.5. The SMILES string of the molecule is CC[C@@H]1OC[C@H](Oc2cccnc2)[C@@H](C(C)OC(=O)c2ccccc2)O1. The van der Waals surface area contributed by atoms with Crippen LogP contribution >= 0.6 is 0 Å². The zero-order valence-corrected chi connectivity index (χ0v) is 14.9. The van der Waals surface area contributed by atoms with Crippen LogP contribution in [0, 0.1) is 0 Å². The van der Waals surface area contributed by atoms with Gasteiger partial charge in [0.2, 0.25) is 0 Å². The van der Waals surface area contributed by atoms with Gasteiger partial charge >= 0.3 is 5.97 Å². The van der Waals surface area contributed by atoms with E-state index in [1.54, 1.807) is 42.7 Å². The van der Waals surface area contributed by atoms with Crippen LogP contribution in [0.15, 0.2) is 54.9 Å². The molecule has 1 unspecified atom stereocenters. The monoisotopic (exact) mass is 357 g/mol. The molecule has 3 rings (SSSR count). The number of ether oxygens (including phenoxy) is 4. The summed E-state index contributed by atoms with van der Waals surface area (Å²) in [5, 5.41) is 0. The lowest BCUT2D eigenvalue weighted by molar-refractivity contribution is -0.264. The number of hydrogen-bond acceptors (Lipinski definition) is 6. The standard InChI is InChI=1S/C20H23NO5/c1-3-18-23-13-17(25-16-10-7-11-21-12-16)19(26-18)14(2)24-20(22)15-8-5-4-6-9-15/h4-12,14,17-19H,3,13H2,1-2H3/t14?,17-,18+,19+/m0/s1. The average molecular weight is 357 g/mol. The Hall–Kier alpha value is -2.44. The maximum absolute atomic E-state index is 12.4. The summed E-state index contributed by atoms with van der Waals surface area (Å²) in [7, 11) is 0. The second-order valence-corrected chi connectivity index (χ2v) is 6.09. The maximum Gasteiger partial charge on any atom is 0.338 e. The number of carbonyl (C=O) groups is 1. The Labute approximate surface area is 153 Å². The van der Waals surface area contributed by atoms with Gasteiger partial charge in [-0.05, 0) is 37.6 Å². The van der Waals surface area contributed by atoms with Gasteiger partial charge in [0.1, 0.15) is 18.0 Å². The Kier molecular flexibility index (Phi) is 6.20. The van der Waals surface area contributed by atoms with E-state index in [9.17, 15) is 4.79 Å². The minimum atomic E-state index is -0.498. The fraction of sp³-hybridized carbons (Fsp3) is 0.400. The fourth-order valence-electron chi connectivity index (χ4n) is 2.80. The van der Waals surface area contributed by atoms with Gasteiger partial charge in [-0.2, -0.15) is 0 Å². The molecule has 0 N–H and O–H groups in total. The van der Waals surface area contributed by atoms with Crippen molar-refractivity contribution in [1.29, 1.82) is 0 Å². The Morgan fingerprint density at radius 3 is 2.77 bits per heavy atom. The van der Waals surface area contributed by atoms with E-state index in [0.29, 0.717) is 24.3 Å². The van der Waals surface area contributed by atoms with Crippen molar-refractivity contribution in [3.63, 3.8) is 0 Å². The number of benzene rings is 1. The molecule has 6 nitrogen and oxygen atoms in total. The van der Waals surface area contributed by atoms with Crippen molar-refractivity contribution >= 4 is 5.97 Å². The summed E-state index contributed by atoms with van der Waals surface area (Å²) in [6.07, 6.45) is 2.32. The summed E-state index contributed by atoms with van der Waals surface area (Å²) < 4.78 is 23.2. The van der Waals surface area contributed by atoms with Crippen LogP contribution in [-0.2, 0) is 14.2 Å². The molecule has 0 bridgehead atoms. The molecule has 138 valence electrons. The first-order valence-electron chi connectivity index (χ1n) is 8.77. The first-order valence-corrected chi connectivity index (χ1v) is 8.77. The lowest BCUT2D eigenvalue weighted by Crippen LogP contribution is -2.52. The highest BCUT2D eigenvalue weighted by Gasteiger charge is 2.38. The lowest BCUT2D eigenvalue weighted by atomic mass is 10.1. The van der Waals surface area contributed by atoms with E-state index in [4.69, 9.17) is 18.9 Å². The van der Waals surface area contributed by atoms with E-state index < -0.39 is 18.3 Å². The summed E-state index contributed by atoms with van der Waals surface area (Å²) in [4.78, 5) is 16.4. The molecule has 2 heterocycles. The van der Waals surface area contributed by atoms with Crippen molar-refractivity contribution in [2.45, 2.75) is 44.9 Å². The Morgan fingerprint density at radius 1 is 1.27 bits per heavy atom. The molecule has 1 aliphatic rings. The van der Waals surface area contributed by atoms with Gasteiger partial charge in [-0.1, -0.05) is 25.1 Å².